The third kappa shape index (κ3) is 7.53. The molecular formula is C33H46FN5O4. The van der Waals surface area contributed by atoms with Crippen LogP contribution in [0.5, 0.6) is 0 Å². The van der Waals surface area contributed by atoms with Gasteiger partial charge in [-0.05, 0) is 63.4 Å². The molecule has 0 spiro atoms. The molecule has 2 aromatic rings. The first-order valence-electron chi connectivity index (χ1n) is 15.4. The minimum Gasteiger partial charge on any atom is -0.444 e. The molecular weight excluding hydrogens is 549 g/mol. The molecule has 10 heteroatoms. The van der Waals surface area contributed by atoms with Crippen molar-refractivity contribution in [1.82, 2.24) is 19.7 Å². The van der Waals surface area contributed by atoms with E-state index < -0.39 is 5.60 Å². The lowest BCUT2D eigenvalue weighted by atomic mass is 9.91. The molecule has 0 aliphatic carbocycles. The van der Waals surface area contributed by atoms with Crippen molar-refractivity contribution in [2.75, 3.05) is 63.9 Å². The fourth-order valence-electron chi connectivity index (χ4n) is 6.33. The van der Waals surface area contributed by atoms with Crippen LogP contribution >= 0.6 is 0 Å². The van der Waals surface area contributed by atoms with Crippen molar-refractivity contribution in [1.29, 1.82) is 0 Å². The largest absolute Gasteiger partial charge is 0.444 e. The van der Waals surface area contributed by atoms with Gasteiger partial charge >= 0.3 is 6.09 Å². The molecule has 0 saturated carbocycles. The Hall–Kier alpha value is -3.08. The number of morpholine rings is 1. The van der Waals surface area contributed by atoms with Gasteiger partial charge in [-0.15, -0.1) is 0 Å². The molecule has 0 N–H and O–H groups in total. The Kier molecular flexibility index (Phi) is 9.11. The number of hydrogen-bond acceptors (Lipinski definition) is 7. The summed E-state index contributed by atoms with van der Waals surface area (Å²) < 4.78 is 24.7. The number of aromatic nitrogens is 1. The molecule has 2 fully saturated rings. The van der Waals surface area contributed by atoms with Gasteiger partial charge in [0.25, 0.3) is 0 Å². The minimum absolute atomic E-state index is 0.0243. The van der Waals surface area contributed by atoms with Crippen molar-refractivity contribution in [2.45, 2.75) is 71.1 Å². The van der Waals surface area contributed by atoms with Gasteiger partial charge in [0.15, 0.2) is 0 Å². The van der Waals surface area contributed by atoms with Gasteiger partial charge in [0.05, 0.1) is 31.1 Å². The number of piperazine rings is 1. The van der Waals surface area contributed by atoms with Crippen LogP contribution in [0.1, 0.15) is 58.4 Å². The fraction of sp³-hybridized carbons (Fsp3) is 0.606. The van der Waals surface area contributed by atoms with Gasteiger partial charge in [0, 0.05) is 63.0 Å². The van der Waals surface area contributed by atoms with E-state index in [0.29, 0.717) is 39.3 Å². The molecule has 2 atom stereocenters. The molecule has 4 heterocycles. The summed E-state index contributed by atoms with van der Waals surface area (Å²) in [4.78, 5) is 40.3. The van der Waals surface area contributed by atoms with E-state index >= 15 is 0 Å². The van der Waals surface area contributed by atoms with E-state index in [4.69, 9.17) is 14.5 Å². The van der Waals surface area contributed by atoms with E-state index in [-0.39, 0.29) is 41.9 Å². The molecule has 0 unspecified atom stereocenters. The molecule has 5 rings (SSSR count). The second kappa shape index (κ2) is 12.5. The van der Waals surface area contributed by atoms with E-state index in [0.717, 1.165) is 42.1 Å². The van der Waals surface area contributed by atoms with Gasteiger partial charge in [-0.2, -0.15) is 0 Å². The number of nitrogens with zero attached hydrogens (tertiary/aromatic N) is 5. The number of benzene rings is 1. The summed E-state index contributed by atoms with van der Waals surface area (Å²) in [6.07, 6.45) is 2.16. The zero-order valence-electron chi connectivity index (χ0n) is 26.4. The molecule has 0 radical (unpaired) electrons. The van der Waals surface area contributed by atoms with Crippen LogP contribution < -0.4 is 4.90 Å². The van der Waals surface area contributed by atoms with Crippen molar-refractivity contribution >= 4 is 17.7 Å². The number of carbonyl (C=O) groups excluding carboxylic acids is 2. The van der Waals surface area contributed by atoms with Crippen LogP contribution in [0, 0.1) is 5.82 Å². The van der Waals surface area contributed by atoms with Crippen molar-refractivity contribution in [2.24, 2.45) is 0 Å². The van der Waals surface area contributed by atoms with Gasteiger partial charge in [-0.25, -0.2) is 9.18 Å². The SMILES string of the molecule is C[C@@H]1CN(CC(=O)N2CC(C)(C)c3ncc(Cc4ccc(F)cc4)cc32)[C@@H](CN2CCOCC2)CN1C(=O)OC(C)(C)C. The van der Waals surface area contributed by atoms with Gasteiger partial charge in [-0.3, -0.25) is 19.6 Å². The zero-order valence-corrected chi connectivity index (χ0v) is 26.4. The summed E-state index contributed by atoms with van der Waals surface area (Å²) in [6.45, 7) is 17.5. The number of amides is 2. The van der Waals surface area contributed by atoms with E-state index in [1.165, 1.54) is 12.1 Å². The van der Waals surface area contributed by atoms with Gasteiger partial charge in [0.1, 0.15) is 11.4 Å². The predicted molar refractivity (Wildman–Crippen MR) is 164 cm³/mol. The summed E-state index contributed by atoms with van der Waals surface area (Å²) in [5.41, 5.74) is 2.86. The van der Waals surface area contributed by atoms with Gasteiger partial charge < -0.3 is 19.3 Å². The van der Waals surface area contributed by atoms with E-state index in [1.807, 2.05) is 43.7 Å². The third-order valence-electron chi connectivity index (χ3n) is 8.53. The van der Waals surface area contributed by atoms with E-state index in [1.54, 1.807) is 12.1 Å². The minimum atomic E-state index is -0.580. The van der Waals surface area contributed by atoms with E-state index in [9.17, 15) is 14.0 Å². The van der Waals surface area contributed by atoms with Crippen LogP contribution in [0.4, 0.5) is 14.9 Å². The average Bonchev–Trinajstić information content (AvgIpc) is 3.21. The lowest BCUT2D eigenvalue weighted by Gasteiger charge is -2.47. The number of halogens is 1. The normalized spacial score (nSPS) is 22.9. The molecule has 2 saturated heterocycles. The first-order chi connectivity index (χ1) is 20.3. The van der Waals surface area contributed by atoms with Crippen LogP contribution in [0.2, 0.25) is 0 Å². The predicted octanol–water partition coefficient (Wildman–Crippen LogP) is 4.08. The van der Waals surface area contributed by atoms with Gasteiger partial charge in [0.2, 0.25) is 5.91 Å². The van der Waals surface area contributed by atoms with Crippen molar-refractivity contribution in [3.05, 3.63) is 59.2 Å². The second-order valence-electron chi connectivity index (χ2n) is 13.9. The number of fused-ring (bicyclic) bond motifs is 1. The number of pyridine rings is 1. The highest BCUT2D eigenvalue weighted by atomic mass is 19.1. The number of ether oxygens (including phenoxy) is 2. The average molecular weight is 596 g/mol. The first-order valence-corrected chi connectivity index (χ1v) is 15.4. The highest BCUT2D eigenvalue weighted by molar-refractivity contribution is 5.97. The summed E-state index contributed by atoms with van der Waals surface area (Å²) in [5, 5.41) is 0. The van der Waals surface area contributed by atoms with Crippen LogP contribution in [-0.4, -0.2) is 108 Å². The summed E-state index contributed by atoms with van der Waals surface area (Å²) >= 11 is 0. The second-order valence-corrected chi connectivity index (χ2v) is 13.9. The number of rotatable bonds is 6. The molecule has 1 aromatic carbocycles. The summed E-state index contributed by atoms with van der Waals surface area (Å²) in [5.74, 6) is -0.236. The maximum atomic E-state index is 14.1. The van der Waals surface area contributed by atoms with E-state index in [2.05, 4.69) is 29.7 Å². The molecule has 1 aromatic heterocycles. The number of hydrogen-bond donors (Lipinski definition) is 0. The Labute approximate surface area is 254 Å². The lowest BCUT2D eigenvalue weighted by molar-refractivity contribution is -0.121. The number of anilines is 1. The standard InChI is InChI=1S/C33H46FN5O4/c1-23-18-37(27(19-36-11-13-42-14-12-36)20-38(23)31(41)43-32(2,3)4)21-29(40)39-22-33(5,6)30-28(39)16-25(17-35-30)15-24-7-9-26(34)10-8-24/h7-10,16-17,23,27H,11-15,18-22H2,1-6H3/t23-,27+/m1/s1. The Balaban J connectivity index is 1.35. The maximum Gasteiger partial charge on any atom is 0.410 e. The molecule has 2 amide bonds. The van der Waals surface area contributed by atoms with Crippen molar-refractivity contribution in [3.63, 3.8) is 0 Å². The molecule has 3 aliphatic heterocycles. The molecule has 0 bridgehead atoms. The van der Waals surface area contributed by atoms with Crippen LogP contribution in [0.3, 0.4) is 0 Å². The lowest BCUT2D eigenvalue weighted by Crippen LogP contribution is -2.63. The maximum absolute atomic E-state index is 14.1. The van der Waals surface area contributed by atoms with Crippen LogP contribution in [0.15, 0.2) is 36.5 Å². The Morgan fingerprint density at radius 2 is 1.79 bits per heavy atom. The molecule has 3 aliphatic rings. The van der Waals surface area contributed by atoms with Crippen LogP contribution in [-0.2, 0) is 26.1 Å². The monoisotopic (exact) mass is 595 g/mol. The molecule has 43 heavy (non-hydrogen) atoms. The van der Waals surface area contributed by atoms with Gasteiger partial charge in [-0.1, -0.05) is 26.0 Å². The Morgan fingerprint density at radius 1 is 1.09 bits per heavy atom. The summed E-state index contributed by atoms with van der Waals surface area (Å²) in [6, 6.07) is 8.42. The topological polar surface area (TPSA) is 78.5 Å². The van der Waals surface area contributed by atoms with Crippen LogP contribution in [0.25, 0.3) is 0 Å². The quantitative estimate of drug-likeness (QED) is 0.498. The van der Waals surface area contributed by atoms with Crippen molar-refractivity contribution < 1.29 is 23.5 Å². The first kappa shape index (κ1) is 31.3. The third-order valence-corrected chi connectivity index (χ3v) is 8.53. The zero-order chi connectivity index (χ0) is 30.9. The Morgan fingerprint density at radius 3 is 2.47 bits per heavy atom. The molecule has 234 valence electrons. The highest BCUT2D eigenvalue weighted by Crippen LogP contribution is 2.40. The smallest absolute Gasteiger partial charge is 0.410 e. The van der Waals surface area contributed by atoms with Crippen molar-refractivity contribution in [3.8, 4) is 0 Å². The fourth-order valence-corrected chi connectivity index (χ4v) is 6.33. The summed E-state index contributed by atoms with van der Waals surface area (Å²) in [7, 11) is 0. The highest BCUT2D eigenvalue weighted by Gasteiger charge is 2.42. The number of carbonyl (C=O) groups is 2. The Bertz CT molecular complexity index is 1310. The molecule has 9 nitrogen and oxygen atoms in total.